The highest BCUT2D eigenvalue weighted by Gasteiger charge is 2.34. The first-order valence-electron chi connectivity index (χ1n) is 8.52. The Morgan fingerprint density at radius 3 is 2.36 bits per heavy atom. The molecule has 1 atom stereocenters. The maximum absolute atomic E-state index is 12.5. The molecule has 1 aliphatic rings. The molecule has 0 radical (unpaired) electrons. The molecule has 0 bridgehead atoms. The topological polar surface area (TPSA) is 83.5 Å². The van der Waals surface area contributed by atoms with Crippen LogP contribution in [0.15, 0.2) is 59.5 Å². The number of likely N-dealkylation sites (tertiary alicyclic amines) is 1. The van der Waals surface area contributed by atoms with Gasteiger partial charge in [0.1, 0.15) is 0 Å². The molecule has 3 rings (SSSR count). The molecule has 2 amide bonds. The van der Waals surface area contributed by atoms with Crippen molar-refractivity contribution >= 4 is 27.3 Å². The van der Waals surface area contributed by atoms with E-state index in [2.05, 4.69) is 5.32 Å². The van der Waals surface area contributed by atoms with E-state index in [0.29, 0.717) is 6.54 Å². The van der Waals surface area contributed by atoms with Crippen LogP contribution in [0.2, 0.25) is 0 Å². The minimum absolute atomic E-state index is 0.0799. The third-order valence-electron chi connectivity index (χ3n) is 4.49. The van der Waals surface area contributed by atoms with Gasteiger partial charge in [0.15, 0.2) is 0 Å². The number of amides is 2. The summed E-state index contributed by atoms with van der Waals surface area (Å²) in [6.45, 7) is 0.695. The van der Waals surface area contributed by atoms with Gasteiger partial charge in [0.25, 0.3) is 0 Å². The zero-order chi connectivity index (χ0) is 20.3. The van der Waals surface area contributed by atoms with E-state index < -0.39 is 26.4 Å². The number of hydrogen-bond acceptors (Lipinski definition) is 4. The van der Waals surface area contributed by atoms with Crippen LogP contribution in [0.1, 0.15) is 12.0 Å². The molecule has 1 heterocycles. The van der Waals surface area contributed by atoms with Gasteiger partial charge in [0.05, 0.1) is 10.8 Å². The van der Waals surface area contributed by atoms with Gasteiger partial charge in [-0.1, -0.05) is 30.3 Å². The standard InChI is InChI=1S/C19H18F2N2O4S/c20-19(21)28(26,27)16-8-6-15(7-9-16)22-18(25)14-10-17(24)23(12-14)11-13-4-2-1-3-5-13/h1-9,14,19H,10-12H2,(H,22,25). The first kappa shape index (κ1) is 19.9. The normalized spacial score (nSPS) is 17.2. The smallest absolute Gasteiger partial charge is 0.338 e. The number of anilines is 1. The number of nitrogens with zero attached hydrogens (tertiary/aromatic N) is 1. The van der Waals surface area contributed by atoms with Crippen molar-refractivity contribution in [2.24, 2.45) is 5.92 Å². The Bertz CT molecular complexity index is 963. The number of carbonyl (C=O) groups is 2. The van der Waals surface area contributed by atoms with Gasteiger partial charge in [-0.25, -0.2) is 8.42 Å². The Morgan fingerprint density at radius 1 is 1.11 bits per heavy atom. The highest BCUT2D eigenvalue weighted by atomic mass is 32.2. The zero-order valence-electron chi connectivity index (χ0n) is 14.7. The molecule has 6 nitrogen and oxygen atoms in total. The highest BCUT2D eigenvalue weighted by Crippen LogP contribution is 2.23. The maximum Gasteiger partial charge on any atom is 0.341 e. The van der Waals surface area contributed by atoms with Crippen LogP contribution in [0.3, 0.4) is 0 Å². The highest BCUT2D eigenvalue weighted by molar-refractivity contribution is 7.91. The molecular formula is C19H18F2N2O4S. The predicted molar refractivity (Wildman–Crippen MR) is 98.2 cm³/mol. The summed E-state index contributed by atoms with van der Waals surface area (Å²) >= 11 is 0. The van der Waals surface area contributed by atoms with Gasteiger partial charge < -0.3 is 10.2 Å². The summed E-state index contributed by atoms with van der Waals surface area (Å²) < 4.78 is 47.9. The van der Waals surface area contributed by atoms with Gasteiger partial charge in [-0.15, -0.1) is 0 Å². The quantitative estimate of drug-likeness (QED) is 0.797. The fourth-order valence-corrected chi connectivity index (χ4v) is 3.70. The number of rotatable bonds is 6. The number of carbonyl (C=O) groups excluding carboxylic acids is 2. The van der Waals surface area contributed by atoms with E-state index in [4.69, 9.17) is 0 Å². The number of nitrogens with one attached hydrogen (secondary N) is 1. The largest absolute Gasteiger partial charge is 0.341 e. The summed E-state index contributed by atoms with van der Waals surface area (Å²) in [5, 5.41) is 2.60. The van der Waals surface area contributed by atoms with Crippen LogP contribution >= 0.6 is 0 Å². The van der Waals surface area contributed by atoms with E-state index in [1.54, 1.807) is 4.90 Å². The van der Waals surface area contributed by atoms with Crippen LogP contribution < -0.4 is 5.32 Å². The molecular weight excluding hydrogens is 390 g/mol. The lowest BCUT2D eigenvalue weighted by Gasteiger charge is -2.16. The van der Waals surface area contributed by atoms with E-state index in [1.807, 2.05) is 30.3 Å². The fourth-order valence-electron chi connectivity index (χ4n) is 2.98. The second kappa shape index (κ2) is 8.05. The Kier molecular flexibility index (Phi) is 5.73. The molecule has 1 aliphatic heterocycles. The third-order valence-corrected chi connectivity index (χ3v) is 5.88. The van der Waals surface area contributed by atoms with Gasteiger partial charge in [-0.2, -0.15) is 8.78 Å². The van der Waals surface area contributed by atoms with Gasteiger partial charge in [-0.3, -0.25) is 9.59 Å². The van der Waals surface area contributed by atoms with Crippen LogP contribution in [0.5, 0.6) is 0 Å². The Hall–Kier alpha value is -2.81. The van der Waals surface area contributed by atoms with Crippen LogP contribution in [0, 0.1) is 5.92 Å². The summed E-state index contributed by atoms with van der Waals surface area (Å²) in [7, 11) is -4.68. The van der Waals surface area contributed by atoms with Crippen molar-refractivity contribution in [1.29, 1.82) is 0 Å². The van der Waals surface area contributed by atoms with Crippen LogP contribution in [0.4, 0.5) is 14.5 Å². The molecule has 0 aliphatic carbocycles. The Balaban J connectivity index is 1.61. The summed E-state index contributed by atoms with van der Waals surface area (Å²) in [5.74, 6) is -4.55. The average molecular weight is 408 g/mol. The molecule has 0 aromatic heterocycles. The first-order valence-corrected chi connectivity index (χ1v) is 10.1. The molecule has 1 saturated heterocycles. The lowest BCUT2D eigenvalue weighted by atomic mass is 10.1. The Labute approximate surface area is 161 Å². The number of benzene rings is 2. The van der Waals surface area contributed by atoms with Gasteiger partial charge in [0, 0.05) is 25.2 Å². The van der Waals surface area contributed by atoms with Crippen LogP contribution in [0.25, 0.3) is 0 Å². The summed E-state index contributed by atoms with van der Waals surface area (Å²) in [6, 6.07) is 13.9. The van der Waals surface area contributed by atoms with Gasteiger partial charge in [0.2, 0.25) is 21.7 Å². The second-order valence-corrected chi connectivity index (χ2v) is 8.40. The average Bonchev–Trinajstić information content (AvgIpc) is 3.03. The first-order chi connectivity index (χ1) is 13.3. The van der Waals surface area contributed by atoms with Crippen molar-refractivity contribution < 1.29 is 26.8 Å². The van der Waals surface area contributed by atoms with Crippen molar-refractivity contribution in [3.05, 3.63) is 60.2 Å². The van der Waals surface area contributed by atoms with Gasteiger partial charge in [-0.05, 0) is 29.8 Å². The van der Waals surface area contributed by atoms with E-state index in [1.165, 1.54) is 12.1 Å². The minimum Gasteiger partial charge on any atom is -0.338 e. The molecule has 9 heteroatoms. The van der Waals surface area contributed by atoms with Crippen molar-refractivity contribution in [1.82, 2.24) is 4.90 Å². The number of hydrogen-bond donors (Lipinski definition) is 1. The predicted octanol–water partition coefficient (Wildman–Crippen LogP) is 2.67. The molecule has 1 unspecified atom stereocenters. The molecule has 1 N–H and O–H groups in total. The molecule has 1 fully saturated rings. The summed E-state index contributed by atoms with van der Waals surface area (Å²) in [6.07, 6.45) is 0.0799. The van der Waals surface area contributed by atoms with Crippen molar-refractivity contribution in [2.75, 3.05) is 11.9 Å². The van der Waals surface area contributed by atoms with Crippen molar-refractivity contribution in [3.8, 4) is 0 Å². The van der Waals surface area contributed by atoms with Crippen molar-refractivity contribution in [2.45, 2.75) is 23.6 Å². The zero-order valence-corrected chi connectivity index (χ0v) is 15.5. The number of halogens is 2. The lowest BCUT2D eigenvalue weighted by Crippen LogP contribution is -2.28. The van der Waals surface area contributed by atoms with Crippen molar-refractivity contribution in [3.63, 3.8) is 0 Å². The third kappa shape index (κ3) is 4.36. The molecule has 0 saturated carbocycles. The van der Waals surface area contributed by atoms with Crippen LogP contribution in [-0.2, 0) is 26.0 Å². The molecule has 148 valence electrons. The molecule has 0 spiro atoms. The molecule has 2 aromatic carbocycles. The van der Waals surface area contributed by atoms with E-state index in [0.717, 1.165) is 17.7 Å². The Morgan fingerprint density at radius 2 is 1.75 bits per heavy atom. The van der Waals surface area contributed by atoms with E-state index >= 15 is 0 Å². The monoisotopic (exact) mass is 408 g/mol. The SMILES string of the molecule is O=C(Nc1ccc(S(=O)(=O)C(F)F)cc1)C1CC(=O)N(Cc2ccccc2)C1. The molecule has 2 aromatic rings. The maximum atomic E-state index is 12.5. The molecule has 28 heavy (non-hydrogen) atoms. The van der Waals surface area contributed by atoms with E-state index in [-0.39, 0.29) is 30.5 Å². The number of sulfone groups is 1. The lowest BCUT2D eigenvalue weighted by molar-refractivity contribution is -0.128. The summed E-state index contributed by atoms with van der Waals surface area (Å²) in [5.41, 5.74) is 1.24. The minimum atomic E-state index is -4.68. The van der Waals surface area contributed by atoms with Crippen LogP contribution in [-0.4, -0.2) is 37.4 Å². The summed E-state index contributed by atoms with van der Waals surface area (Å²) in [4.78, 5) is 25.7. The number of alkyl halides is 2. The van der Waals surface area contributed by atoms with Gasteiger partial charge >= 0.3 is 5.76 Å². The van der Waals surface area contributed by atoms with E-state index in [9.17, 15) is 26.8 Å². The second-order valence-electron chi connectivity index (χ2n) is 6.48. The fraction of sp³-hybridized carbons (Fsp3) is 0.263.